The van der Waals surface area contributed by atoms with Crippen LogP contribution in [-0.4, -0.2) is 10.7 Å². The second-order valence-corrected chi connectivity index (χ2v) is 2.20. The normalized spacial score (nSPS) is 11.9. The second-order valence-electron chi connectivity index (χ2n) is 2.20. The summed E-state index contributed by atoms with van der Waals surface area (Å²) in [5, 5.41) is 9.99. The quantitative estimate of drug-likeness (QED) is 0.282. The van der Waals surface area contributed by atoms with Crippen LogP contribution in [0.1, 0.15) is 13.8 Å². The minimum atomic E-state index is -1.16. The molecule has 0 spiro atoms. The standard InChI is InChI=1S/C7H8FNO3/c1-4(6(3)10)7(8)5(2)9(11)12/h2H2,1,3H3/b7-4-. The molecule has 0 radical (unpaired) electrons. The molecule has 0 aromatic heterocycles. The van der Waals surface area contributed by atoms with Gasteiger partial charge >= 0.3 is 0 Å². The van der Waals surface area contributed by atoms with E-state index in [2.05, 4.69) is 6.58 Å². The second kappa shape index (κ2) is 3.75. The smallest absolute Gasteiger partial charge is 0.295 e. The number of allylic oxidation sites excluding steroid dienone is 2. The van der Waals surface area contributed by atoms with Gasteiger partial charge in [0.1, 0.15) is 0 Å². The van der Waals surface area contributed by atoms with Gasteiger partial charge in [-0.1, -0.05) is 0 Å². The molecule has 0 saturated carbocycles. The van der Waals surface area contributed by atoms with Gasteiger partial charge in [0.05, 0.1) is 4.92 Å². The van der Waals surface area contributed by atoms with Gasteiger partial charge in [-0.05, 0) is 20.4 Å². The molecule has 0 aliphatic carbocycles. The summed E-state index contributed by atoms with van der Waals surface area (Å²) in [6.07, 6.45) is 0. The van der Waals surface area contributed by atoms with Crippen LogP contribution >= 0.6 is 0 Å². The molecule has 4 nitrogen and oxygen atoms in total. The van der Waals surface area contributed by atoms with Gasteiger partial charge in [0.25, 0.3) is 5.70 Å². The first-order valence-corrected chi connectivity index (χ1v) is 3.09. The first-order chi connectivity index (χ1) is 5.37. The summed E-state index contributed by atoms with van der Waals surface area (Å²) in [4.78, 5) is 19.6. The average Bonchev–Trinajstić information content (AvgIpc) is 2.00. The number of carbonyl (C=O) groups excluding carboxylic acids is 1. The number of ketones is 1. The molecule has 0 bridgehead atoms. The van der Waals surface area contributed by atoms with Crippen molar-refractivity contribution < 1.29 is 14.1 Å². The molecule has 0 heterocycles. The summed E-state index contributed by atoms with van der Waals surface area (Å²) < 4.78 is 12.8. The molecule has 0 aromatic rings. The van der Waals surface area contributed by atoms with Gasteiger partial charge in [0, 0.05) is 5.57 Å². The van der Waals surface area contributed by atoms with E-state index >= 15 is 0 Å². The topological polar surface area (TPSA) is 60.2 Å². The highest BCUT2D eigenvalue weighted by Crippen LogP contribution is 2.15. The first-order valence-electron chi connectivity index (χ1n) is 3.09. The predicted octanol–water partition coefficient (Wildman–Crippen LogP) is 1.61. The first kappa shape index (κ1) is 10.5. The van der Waals surface area contributed by atoms with Gasteiger partial charge in [-0.25, -0.2) is 0 Å². The molecular weight excluding hydrogens is 165 g/mol. The fourth-order valence-corrected chi connectivity index (χ4v) is 0.451. The third kappa shape index (κ3) is 2.26. The molecule has 12 heavy (non-hydrogen) atoms. The zero-order chi connectivity index (χ0) is 9.89. The maximum atomic E-state index is 12.8. The SMILES string of the molecule is C=C(/C(F)=C(\C)C(C)=O)[N+](=O)[O-]. The largest absolute Gasteiger partial charge is 0.298 e. The van der Waals surface area contributed by atoms with Gasteiger partial charge in [0.15, 0.2) is 5.78 Å². The summed E-state index contributed by atoms with van der Waals surface area (Å²) in [7, 11) is 0. The van der Waals surface area contributed by atoms with Crippen molar-refractivity contribution in [3.63, 3.8) is 0 Å². The lowest BCUT2D eigenvalue weighted by Gasteiger charge is -1.96. The van der Waals surface area contributed by atoms with Crippen molar-refractivity contribution in [2.75, 3.05) is 0 Å². The fraction of sp³-hybridized carbons (Fsp3) is 0.286. The molecule has 0 aliphatic rings. The molecule has 0 atom stereocenters. The molecule has 0 N–H and O–H groups in total. The lowest BCUT2D eigenvalue weighted by Crippen LogP contribution is -2.03. The van der Waals surface area contributed by atoms with Crippen LogP contribution in [0.5, 0.6) is 0 Å². The molecule has 5 heteroatoms. The van der Waals surface area contributed by atoms with Gasteiger partial charge in [-0.3, -0.25) is 14.9 Å². The van der Waals surface area contributed by atoms with Crippen molar-refractivity contribution in [2.24, 2.45) is 0 Å². The van der Waals surface area contributed by atoms with Crippen molar-refractivity contribution >= 4 is 5.78 Å². The van der Waals surface area contributed by atoms with Crippen LogP contribution in [0.4, 0.5) is 4.39 Å². The van der Waals surface area contributed by atoms with E-state index in [-0.39, 0.29) is 5.57 Å². The lowest BCUT2D eigenvalue weighted by atomic mass is 10.2. The Morgan fingerprint density at radius 3 is 2.17 bits per heavy atom. The van der Waals surface area contributed by atoms with E-state index in [9.17, 15) is 19.3 Å². The van der Waals surface area contributed by atoms with Crippen LogP contribution in [0.2, 0.25) is 0 Å². The number of rotatable bonds is 3. The highest BCUT2D eigenvalue weighted by Gasteiger charge is 2.18. The molecule has 0 amide bonds. The minimum absolute atomic E-state index is 0.281. The van der Waals surface area contributed by atoms with Crippen LogP contribution in [0.3, 0.4) is 0 Å². The van der Waals surface area contributed by atoms with Gasteiger partial charge < -0.3 is 0 Å². The Morgan fingerprint density at radius 2 is 1.92 bits per heavy atom. The highest BCUT2D eigenvalue weighted by molar-refractivity contribution is 5.93. The molecule has 0 rings (SSSR count). The Bertz CT molecular complexity index is 280. The number of hydrogen-bond acceptors (Lipinski definition) is 3. The molecule has 0 fully saturated rings. The van der Waals surface area contributed by atoms with Crippen molar-refractivity contribution in [2.45, 2.75) is 13.8 Å². The van der Waals surface area contributed by atoms with E-state index in [0.717, 1.165) is 6.92 Å². The van der Waals surface area contributed by atoms with Gasteiger partial charge in [-0.2, -0.15) is 4.39 Å². The van der Waals surface area contributed by atoms with E-state index in [1.165, 1.54) is 6.92 Å². The lowest BCUT2D eigenvalue weighted by molar-refractivity contribution is -0.422. The Morgan fingerprint density at radius 1 is 1.50 bits per heavy atom. The Hall–Kier alpha value is -1.52. The number of nitro groups is 1. The van der Waals surface area contributed by atoms with Crippen LogP contribution in [0.25, 0.3) is 0 Å². The Balaban J connectivity index is 4.92. The average molecular weight is 173 g/mol. The van der Waals surface area contributed by atoms with Crippen molar-refractivity contribution in [1.82, 2.24) is 0 Å². The van der Waals surface area contributed by atoms with Crippen LogP contribution < -0.4 is 0 Å². The summed E-state index contributed by atoms with van der Waals surface area (Å²) >= 11 is 0. The minimum Gasteiger partial charge on any atom is -0.295 e. The van der Waals surface area contributed by atoms with Gasteiger partial charge in [-0.15, -0.1) is 0 Å². The van der Waals surface area contributed by atoms with Gasteiger partial charge in [0.2, 0.25) is 5.83 Å². The van der Waals surface area contributed by atoms with E-state index in [4.69, 9.17) is 0 Å². The zero-order valence-electron chi connectivity index (χ0n) is 6.76. The molecule has 0 aliphatic heterocycles. The number of hydrogen-bond donors (Lipinski definition) is 0. The summed E-state index contributed by atoms with van der Waals surface area (Å²) in [5.41, 5.74) is -1.17. The van der Waals surface area contributed by atoms with Crippen molar-refractivity contribution in [1.29, 1.82) is 0 Å². The van der Waals surface area contributed by atoms with E-state index in [0.29, 0.717) is 0 Å². The third-order valence-electron chi connectivity index (χ3n) is 1.33. The maximum absolute atomic E-state index is 12.8. The monoisotopic (exact) mass is 173 g/mol. The number of carbonyl (C=O) groups is 1. The highest BCUT2D eigenvalue weighted by atomic mass is 19.1. The molecule has 0 unspecified atom stereocenters. The number of Topliss-reactive ketones (excluding diaryl/α,β-unsaturated/α-hetero) is 1. The summed E-state index contributed by atoms with van der Waals surface area (Å²) in [6.45, 7) is 5.17. The van der Waals surface area contributed by atoms with E-state index in [1.807, 2.05) is 0 Å². The van der Waals surface area contributed by atoms with E-state index in [1.54, 1.807) is 0 Å². The van der Waals surface area contributed by atoms with Crippen LogP contribution in [0, 0.1) is 10.1 Å². The predicted molar refractivity (Wildman–Crippen MR) is 40.6 cm³/mol. The fourth-order valence-electron chi connectivity index (χ4n) is 0.451. The molecule has 0 aromatic carbocycles. The molecule has 0 saturated heterocycles. The van der Waals surface area contributed by atoms with Crippen molar-refractivity contribution in [3.05, 3.63) is 33.8 Å². The summed E-state index contributed by atoms with van der Waals surface area (Å²) in [6, 6.07) is 0. The number of halogens is 1. The third-order valence-corrected chi connectivity index (χ3v) is 1.33. The van der Waals surface area contributed by atoms with Crippen molar-refractivity contribution in [3.8, 4) is 0 Å². The summed E-state index contributed by atoms with van der Waals surface area (Å²) in [5.74, 6) is -1.71. The Labute approximate surface area is 68.5 Å². The Kier molecular flexibility index (Phi) is 3.28. The molecular formula is C7H8FNO3. The van der Waals surface area contributed by atoms with Crippen LogP contribution in [-0.2, 0) is 4.79 Å². The molecule has 66 valence electrons. The zero-order valence-corrected chi connectivity index (χ0v) is 6.76. The van der Waals surface area contributed by atoms with E-state index < -0.39 is 22.2 Å². The number of nitrogens with zero attached hydrogens (tertiary/aromatic N) is 1. The van der Waals surface area contributed by atoms with Crippen LogP contribution in [0.15, 0.2) is 23.7 Å². The maximum Gasteiger partial charge on any atom is 0.298 e.